The van der Waals surface area contributed by atoms with Crippen LogP contribution in [0.1, 0.15) is 21.3 Å². The number of likely N-dealkylation sites (N-methyl/N-ethyl adjacent to an activating group) is 1. The number of rotatable bonds is 7. The number of hydrogen-bond acceptors (Lipinski definition) is 5. The fourth-order valence-corrected chi connectivity index (χ4v) is 3.23. The Morgan fingerprint density at radius 3 is 2.71 bits per heavy atom. The van der Waals surface area contributed by atoms with Crippen LogP contribution in [0.4, 0.5) is 0 Å². The molecule has 0 saturated heterocycles. The second kappa shape index (κ2) is 6.83. The van der Waals surface area contributed by atoms with Crippen LogP contribution in [0.2, 0.25) is 0 Å². The van der Waals surface area contributed by atoms with Gasteiger partial charge in [-0.15, -0.1) is 32.9 Å². The zero-order valence-corrected chi connectivity index (χ0v) is 11.6. The molecule has 2 aromatic heterocycles. The molecule has 0 radical (unpaired) electrons. The standard InChI is InChI=1S/C12H17N3S2/c1-13-8-7-12-15-14-11(17-12)6-2-4-10-5-3-9-16-10/h3,5,9,13H,2,4,6-8H2,1H3. The topological polar surface area (TPSA) is 37.8 Å². The molecule has 2 heterocycles. The minimum Gasteiger partial charge on any atom is -0.319 e. The van der Waals surface area contributed by atoms with Crippen molar-refractivity contribution in [1.82, 2.24) is 15.5 Å². The molecule has 2 aromatic rings. The van der Waals surface area contributed by atoms with Gasteiger partial charge in [-0.05, 0) is 31.3 Å². The molecule has 0 bridgehead atoms. The van der Waals surface area contributed by atoms with E-state index in [-0.39, 0.29) is 0 Å². The van der Waals surface area contributed by atoms with E-state index in [1.165, 1.54) is 16.3 Å². The van der Waals surface area contributed by atoms with Gasteiger partial charge in [0.25, 0.3) is 0 Å². The maximum absolute atomic E-state index is 4.23. The van der Waals surface area contributed by atoms with Gasteiger partial charge >= 0.3 is 0 Å². The van der Waals surface area contributed by atoms with Gasteiger partial charge in [-0.25, -0.2) is 0 Å². The highest BCUT2D eigenvalue weighted by Gasteiger charge is 2.04. The lowest BCUT2D eigenvalue weighted by atomic mass is 10.2. The van der Waals surface area contributed by atoms with Crippen molar-refractivity contribution < 1.29 is 0 Å². The summed E-state index contributed by atoms with van der Waals surface area (Å²) in [6.07, 6.45) is 4.36. The van der Waals surface area contributed by atoms with Gasteiger partial charge in [-0.2, -0.15) is 0 Å². The molecule has 0 aromatic carbocycles. The summed E-state index contributed by atoms with van der Waals surface area (Å²) in [7, 11) is 1.96. The molecular formula is C12H17N3S2. The van der Waals surface area contributed by atoms with Crippen LogP contribution in [0.5, 0.6) is 0 Å². The summed E-state index contributed by atoms with van der Waals surface area (Å²) in [4.78, 5) is 1.46. The Balaban J connectivity index is 1.73. The number of nitrogens with one attached hydrogen (secondary N) is 1. The number of aromatic nitrogens is 2. The molecule has 0 fully saturated rings. The molecule has 0 saturated carbocycles. The summed E-state index contributed by atoms with van der Waals surface area (Å²) < 4.78 is 0. The van der Waals surface area contributed by atoms with Crippen molar-refractivity contribution in [1.29, 1.82) is 0 Å². The predicted molar refractivity (Wildman–Crippen MR) is 73.9 cm³/mol. The second-order valence-corrected chi connectivity index (χ2v) is 6.05. The highest BCUT2D eigenvalue weighted by atomic mass is 32.1. The molecule has 1 N–H and O–H groups in total. The molecular weight excluding hydrogens is 250 g/mol. The van der Waals surface area contributed by atoms with Crippen molar-refractivity contribution >= 4 is 22.7 Å². The van der Waals surface area contributed by atoms with Gasteiger partial charge < -0.3 is 5.32 Å². The maximum Gasteiger partial charge on any atom is 0.118 e. The Morgan fingerprint density at radius 1 is 1.18 bits per heavy atom. The normalized spacial score (nSPS) is 10.9. The van der Waals surface area contributed by atoms with E-state index < -0.39 is 0 Å². The van der Waals surface area contributed by atoms with Crippen molar-refractivity contribution in [2.75, 3.05) is 13.6 Å². The van der Waals surface area contributed by atoms with Gasteiger partial charge in [-0.3, -0.25) is 0 Å². The Kier molecular flexibility index (Phi) is 5.09. The van der Waals surface area contributed by atoms with E-state index in [2.05, 4.69) is 33.0 Å². The molecule has 3 nitrogen and oxygen atoms in total. The molecule has 2 rings (SSSR count). The van der Waals surface area contributed by atoms with Gasteiger partial charge in [0.2, 0.25) is 0 Å². The first-order valence-electron chi connectivity index (χ1n) is 5.86. The van der Waals surface area contributed by atoms with E-state index in [1.54, 1.807) is 11.3 Å². The minimum absolute atomic E-state index is 0.976. The van der Waals surface area contributed by atoms with Gasteiger partial charge in [0.1, 0.15) is 10.0 Å². The van der Waals surface area contributed by atoms with Crippen LogP contribution in [0.3, 0.4) is 0 Å². The quantitative estimate of drug-likeness (QED) is 0.837. The highest BCUT2D eigenvalue weighted by Crippen LogP contribution is 2.15. The van der Waals surface area contributed by atoms with Crippen LogP contribution in [0.15, 0.2) is 17.5 Å². The van der Waals surface area contributed by atoms with Crippen molar-refractivity contribution in [3.05, 3.63) is 32.4 Å². The Morgan fingerprint density at radius 2 is 2.00 bits per heavy atom. The Hall–Kier alpha value is -0.780. The summed E-state index contributed by atoms with van der Waals surface area (Å²) in [6.45, 7) is 0.976. The molecule has 0 atom stereocenters. The summed E-state index contributed by atoms with van der Waals surface area (Å²) in [5.41, 5.74) is 0. The molecule has 0 spiro atoms. The lowest BCUT2D eigenvalue weighted by Crippen LogP contribution is -2.09. The van der Waals surface area contributed by atoms with Crippen LogP contribution in [0, 0.1) is 0 Å². The third-order valence-electron chi connectivity index (χ3n) is 2.49. The summed E-state index contributed by atoms with van der Waals surface area (Å²) in [5.74, 6) is 0. The lowest BCUT2D eigenvalue weighted by Gasteiger charge is -1.94. The fourth-order valence-electron chi connectivity index (χ4n) is 1.59. The second-order valence-electron chi connectivity index (χ2n) is 3.88. The lowest BCUT2D eigenvalue weighted by molar-refractivity contribution is 0.771. The first-order chi connectivity index (χ1) is 8.38. The van der Waals surface area contributed by atoms with E-state index in [4.69, 9.17) is 0 Å². The van der Waals surface area contributed by atoms with E-state index in [1.807, 2.05) is 18.4 Å². The van der Waals surface area contributed by atoms with Crippen LogP contribution >= 0.6 is 22.7 Å². The SMILES string of the molecule is CNCCc1nnc(CCCc2cccs2)s1. The highest BCUT2D eigenvalue weighted by molar-refractivity contribution is 7.11. The summed E-state index contributed by atoms with van der Waals surface area (Å²) >= 11 is 3.58. The van der Waals surface area contributed by atoms with E-state index in [0.717, 1.165) is 30.8 Å². The van der Waals surface area contributed by atoms with Crippen LogP contribution in [0.25, 0.3) is 0 Å². The summed E-state index contributed by atoms with van der Waals surface area (Å²) in [5, 5.41) is 16.0. The smallest absolute Gasteiger partial charge is 0.118 e. The van der Waals surface area contributed by atoms with Crippen LogP contribution < -0.4 is 5.32 Å². The molecule has 0 aliphatic carbocycles. The fraction of sp³-hybridized carbons (Fsp3) is 0.500. The molecule has 5 heteroatoms. The molecule has 0 unspecified atom stereocenters. The largest absolute Gasteiger partial charge is 0.319 e. The van der Waals surface area contributed by atoms with Crippen molar-refractivity contribution in [2.45, 2.75) is 25.7 Å². The maximum atomic E-state index is 4.23. The molecule has 0 amide bonds. The molecule has 17 heavy (non-hydrogen) atoms. The molecule has 92 valence electrons. The predicted octanol–water partition coefficient (Wildman–Crippen LogP) is 2.54. The van der Waals surface area contributed by atoms with Crippen LogP contribution in [-0.4, -0.2) is 23.8 Å². The number of hydrogen-bond donors (Lipinski definition) is 1. The average Bonchev–Trinajstić information content (AvgIpc) is 2.98. The molecule has 0 aliphatic heterocycles. The van der Waals surface area contributed by atoms with Gasteiger partial charge in [-0.1, -0.05) is 6.07 Å². The first kappa shape index (κ1) is 12.7. The van der Waals surface area contributed by atoms with E-state index in [0.29, 0.717) is 0 Å². The van der Waals surface area contributed by atoms with E-state index in [9.17, 15) is 0 Å². The van der Waals surface area contributed by atoms with Gasteiger partial charge in [0.05, 0.1) is 0 Å². The van der Waals surface area contributed by atoms with Gasteiger partial charge in [0.15, 0.2) is 0 Å². The zero-order chi connectivity index (χ0) is 11.9. The zero-order valence-electron chi connectivity index (χ0n) is 9.98. The first-order valence-corrected chi connectivity index (χ1v) is 7.56. The summed E-state index contributed by atoms with van der Waals surface area (Å²) in [6, 6.07) is 4.31. The monoisotopic (exact) mass is 267 g/mol. The van der Waals surface area contributed by atoms with E-state index >= 15 is 0 Å². The van der Waals surface area contributed by atoms with Crippen molar-refractivity contribution in [3.8, 4) is 0 Å². The number of nitrogens with zero attached hydrogens (tertiary/aromatic N) is 2. The Bertz CT molecular complexity index is 423. The Labute approximate surface area is 110 Å². The third-order valence-corrected chi connectivity index (χ3v) is 4.47. The number of thiophene rings is 1. The van der Waals surface area contributed by atoms with Crippen molar-refractivity contribution in [3.63, 3.8) is 0 Å². The average molecular weight is 267 g/mol. The molecule has 0 aliphatic rings. The van der Waals surface area contributed by atoms with Crippen molar-refractivity contribution in [2.24, 2.45) is 0 Å². The third kappa shape index (κ3) is 4.18. The van der Waals surface area contributed by atoms with Gasteiger partial charge in [0, 0.05) is 24.3 Å². The minimum atomic E-state index is 0.976. The number of aryl methyl sites for hydroxylation is 2. The van der Waals surface area contributed by atoms with Crippen LogP contribution in [-0.2, 0) is 19.3 Å².